The van der Waals surface area contributed by atoms with Crippen molar-refractivity contribution < 1.29 is 0 Å². The van der Waals surface area contributed by atoms with E-state index in [1.54, 1.807) is 0 Å². The summed E-state index contributed by atoms with van der Waals surface area (Å²) in [4.78, 5) is 2.59. The van der Waals surface area contributed by atoms with E-state index in [1.165, 1.54) is 35.1 Å². The van der Waals surface area contributed by atoms with Crippen molar-refractivity contribution in [3.05, 3.63) is 28.2 Å². The summed E-state index contributed by atoms with van der Waals surface area (Å²) >= 11 is 3.61. The Balaban J connectivity index is 2.21. The number of hydrogen-bond acceptors (Lipinski definition) is 2. The number of benzene rings is 1. The van der Waals surface area contributed by atoms with Crippen molar-refractivity contribution >= 4 is 21.6 Å². The molecular weight excluding hydrogens is 312 g/mol. The van der Waals surface area contributed by atoms with Crippen LogP contribution in [0.2, 0.25) is 0 Å². The molecule has 1 saturated heterocycles. The second kappa shape index (κ2) is 6.95. The summed E-state index contributed by atoms with van der Waals surface area (Å²) in [5.41, 5.74) is 2.80. The molecule has 0 aliphatic carbocycles. The summed E-state index contributed by atoms with van der Waals surface area (Å²) in [6, 6.07) is 7.85. The molecule has 3 heteroatoms. The van der Waals surface area contributed by atoms with Gasteiger partial charge >= 0.3 is 0 Å². The minimum absolute atomic E-state index is 0.514. The van der Waals surface area contributed by atoms with Crippen LogP contribution >= 0.6 is 15.9 Å². The number of rotatable bonds is 4. The number of piperidine rings is 1. The van der Waals surface area contributed by atoms with Crippen molar-refractivity contribution in [3.63, 3.8) is 0 Å². The van der Waals surface area contributed by atoms with E-state index in [4.69, 9.17) is 0 Å². The highest BCUT2D eigenvalue weighted by Gasteiger charge is 2.24. The van der Waals surface area contributed by atoms with Crippen molar-refractivity contribution in [2.24, 2.45) is 5.92 Å². The third kappa shape index (κ3) is 3.98. The number of nitrogens with zero attached hydrogens (tertiary/aromatic N) is 1. The minimum Gasteiger partial charge on any atom is -0.369 e. The first-order valence-electron chi connectivity index (χ1n) is 7.75. The highest BCUT2D eigenvalue weighted by atomic mass is 79.9. The molecule has 0 radical (unpaired) electrons. The van der Waals surface area contributed by atoms with Crippen molar-refractivity contribution in [3.8, 4) is 0 Å². The molecular formula is C17H27BrN2. The molecule has 1 heterocycles. The van der Waals surface area contributed by atoms with Crippen molar-refractivity contribution in [2.45, 2.75) is 59.2 Å². The van der Waals surface area contributed by atoms with Crippen molar-refractivity contribution in [1.82, 2.24) is 5.32 Å². The Morgan fingerprint density at radius 1 is 1.35 bits per heavy atom. The molecule has 1 aromatic rings. The van der Waals surface area contributed by atoms with Gasteiger partial charge in [-0.1, -0.05) is 36.7 Å². The Bertz CT molecular complexity index is 445. The van der Waals surface area contributed by atoms with Gasteiger partial charge in [0.05, 0.1) is 0 Å². The van der Waals surface area contributed by atoms with Crippen LogP contribution < -0.4 is 10.2 Å². The third-order valence-corrected chi connectivity index (χ3v) is 4.68. The van der Waals surface area contributed by atoms with Gasteiger partial charge in [-0.05, 0) is 49.4 Å². The molecule has 2 unspecified atom stereocenters. The van der Waals surface area contributed by atoms with Gasteiger partial charge < -0.3 is 10.2 Å². The first-order valence-corrected chi connectivity index (χ1v) is 8.55. The monoisotopic (exact) mass is 338 g/mol. The fraction of sp³-hybridized carbons (Fsp3) is 0.647. The van der Waals surface area contributed by atoms with Gasteiger partial charge in [-0.25, -0.2) is 0 Å². The second-order valence-corrected chi connectivity index (χ2v) is 7.40. The maximum atomic E-state index is 3.61. The summed E-state index contributed by atoms with van der Waals surface area (Å²) in [5.74, 6) is 0.855. The molecule has 112 valence electrons. The smallest absolute Gasteiger partial charge is 0.0415 e. The Hall–Kier alpha value is -0.540. The number of hydrogen-bond donors (Lipinski definition) is 1. The van der Waals surface area contributed by atoms with Crippen molar-refractivity contribution in [2.75, 3.05) is 11.4 Å². The molecule has 2 nitrogen and oxygen atoms in total. The lowest BCUT2D eigenvalue weighted by atomic mass is 9.92. The highest BCUT2D eigenvalue weighted by molar-refractivity contribution is 9.10. The van der Waals surface area contributed by atoms with Gasteiger partial charge in [0.15, 0.2) is 0 Å². The molecule has 0 amide bonds. The van der Waals surface area contributed by atoms with Crippen LogP contribution in [0.5, 0.6) is 0 Å². The van der Waals surface area contributed by atoms with Crippen LogP contribution in [0.25, 0.3) is 0 Å². The molecule has 20 heavy (non-hydrogen) atoms. The van der Waals surface area contributed by atoms with Crippen LogP contribution in [0, 0.1) is 5.92 Å². The zero-order valence-corrected chi connectivity index (χ0v) is 14.7. The normalized spacial score (nSPS) is 23.4. The minimum atomic E-state index is 0.514. The summed E-state index contributed by atoms with van der Waals surface area (Å²) in [7, 11) is 0. The second-order valence-electron chi connectivity index (χ2n) is 6.48. The van der Waals surface area contributed by atoms with E-state index in [0.29, 0.717) is 12.1 Å². The molecule has 0 spiro atoms. The summed E-state index contributed by atoms with van der Waals surface area (Å²) in [6.07, 6.45) is 2.60. The Kier molecular flexibility index (Phi) is 5.50. The first-order chi connectivity index (χ1) is 9.47. The lowest BCUT2D eigenvalue weighted by Gasteiger charge is -2.39. The van der Waals surface area contributed by atoms with Crippen LogP contribution in [0.1, 0.15) is 46.1 Å². The van der Waals surface area contributed by atoms with Gasteiger partial charge in [0.25, 0.3) is 0 Å². The summed E-state index contributed by atoms with van der Waals surface area (Å²) in [6.45, 7) is 11.2. The van der Waals surface area contributed by atoms with Gasteiger partial charge in [0, 0.05) is 35.3 Å². The van der Waals surface area contributed by atoms with E-state index in [9.17, 15) is 0 Å². The average Bonchev–Trinajstić information content (AvgIpc) is 2.37. The average molecular weight is 339 g/mol. The number of nitrogens with one attached hydrogen (secondary N) is 1. The Morgan fingerprint density at radius 3 is 2.75 bits per heavy atom. The Labute approximate surface area is 132 Å². The van der Waals surface area contributed by atoms with E-state index in [0.717, 1.165) is 12.5 Å². The van der Waals surface area contributed by atoms with Gasteiger partial charge in [-0.2, -0.15) is 0 Å². The maximum Gasteiger partial charge on any atom is 0.0415 e. The molecule has 0 bridgehead atoms. The fourth-order valence-electron chi connectivity index (χ4n) is 3.06. The molecule has 1 aliphatic rings. The lowest BCUT2D eigenvalue weighted by Crippen LogP contribution is -2.41. The SMILES string of the molecule is CC1CCN(c2ccc(Br)cc2CNC(C)C)C(C)C1. The summed E-state index contributed by atoms with van der Waals surface area (Å²) in [5, 5.41) is 3.54. The molecule has 1 N–H and O–H groups in total. The van der Waals surface area contributed by atoms with Crippen LogP contribution in [-0.2, 0) is 6.54 Å². The Morgan fingerprint density at radius 2 is 2.10 bits per heavy atom. The lowest BCUT2D eigenvalue weighted by molar-refractivity contribution is 0.377. The molecule has 1 aromatic carbocycles. The predicted molar refractivity (Wildman–Crippen MR) is 91.3 cm³/mol. The van der Waals surface area contributed by atoms with Gasteiger partial charge in [-0.15, -0.1) is 0 Å². The van der Waals surface area contributed by atoms with E-state index in [2.05, 4.69) is 72.0 Å². The van der Waals surface area contributed by atoms with Crippen LogP contribution in [0.15, 0.2) is 22.7 Å². The largest absolute Gasteiger partial charge is 0.369 e. The van der Waals surface area contributed by atoms with E-state index < -0.39 is 0 Å². The van der Waals surface area contributed by atoms with E-state index in [-0.39, 0.29) is 0 Å². The van der Waals surface area contributed by atoms with Gasteiger partial charge in [0.1, 0.15) is 0 Å². The molecule has 1 aliphatic heterocycles. The topological polar surface area (TPSA) is 15.3 Å². The zero-order chi connectivity index (χ0) is 14.7. The van der Waals surface area contributed by atoms with E-state index >= 15 is 0 Å². The molecule has 1 fully saturated rings. The standard InChI is InChI=1S/C17H27BrN2/c1-12(2)19-11-15-10-16(18)5-6-17(15)20-8-7-13(3)9-14(20)4/h5-6,10,12-14,19H,7-9,11H2,1-4H3. The van der Waals surface area contributed by atoms with Crippen LogP contribution in [-0.4, -0.2) is 18.6 Å². The highest BCUT2D eigenvalue weighted by Crippen LogP contribution is 2.31. The third-order valence-electron chi connectivity index (χ3n) is 4.19. The zero-order valence-electron chi connectivity index (χ0n) is 13.1. The number of anilines is 1. The van der Waals surface area contributed by atoms with Crippen LogP contribution in [0.4, 0.5) is 5.69 Å². The molecule has 0 aromatic heterocycles. The summed E-state index contributed by atoms with van der Waals surface area (Å²) < 4.78 is 1.17. The number of halogens is 1. The maximum absolute atomic E-state index is 3.61. The first kappa shape index (κ1) is 15.8. The van der Waals surface area contributed by atoms with Crippen LogP contribution in [0.3, 0.4) is 0 Å². The quantitative estimate of drug-likeness (QED) is 0.864. The van der Waals surface area contributed by atoms with Crippen molar-refractivity contribution in [1.29, 1.82) is 0 Å². The molecule has 2 rings (SSSR count). The van der Waals surface area contributed by atoms with E-state index in [1.807, 2.05) is 0 Å². The fourth-order valence-corrected chi connectivity index (χ4v) is 3.46. The van der Waals surface area contributed by atoms with Gasteiger partial charge in [-0.3, -0.25) is 0 Å². The predicted octanol–water partition coefficient (Wildman–Crippen LogP) is 4.57. The molecule has 2 atom stereocenters. The van der Waals surface area contributed by atoms with Gasteiger partial charge in [0.2, 0.25) is 0 Å². The molecule has 0 saturated carbocycles.